The zero-order chi connectivity index (χ0) is 17.9. The minimum absolute atomic E-state index is 0.254. The van der Waals surface area contributed by atoms with Crippen LogP contribution in [0.4, 0.5) is 10.1 Å². The van der Waals surface area contributed by atoms with Gasteiger partial charge < -0.3 is 5.11 Å². The molecule has 0 atom stereocenters. The molecule has 2 aromatic rings. The van der Waals surface area contributed by atoms with E-state index in [9.17, 15) is 22.7 Å². The molecule has 0 heterocycles. The van der Waals surface area contributed by atoms with Crippen molar-refractivity contribution in [3.63, 3.8) is 0 Å². The molecule has 0 saturated carbocycles. The number of halogens is 1. The van der Waals surface area contributed by atoms with Gasteiger partial charge in [0.05, 0.1) is 16.7 Å². The summed E-state index contributed by atoms with van der Waals surface area (Å²) in [5.74, 6) is -2.36. The van der Waals surface area contributed by atoms with Gasteiger partial charge in [0, 0.05) is 0 Å². The Morgan fingerprint density at radius 1 is 1.12 bits per heavy atom. The number of benzene rings is 2. The van der Waals surface area contributed by atoms with Gasteiger partial charge in [0.15, 0.2) is 0 Å². The van der Waals surface area contributed by atoms with Crippen LogP contribution >= 0.6 is 0 Å². The van der Waals surface area contributed by atoms with Crippen molar-refractivity contribution < 1.29 is 22.7 Å². The summed E-state index contributed by atoms with van der Waals surface area (Å²) in [6.07, 6.45) is 1.34. The molecule has 2 N–H and O–H groups in total. The molecule has 2 rings (SSSR count). The lowest BCUT2D eigenvalue weighted by molar-refractivity contribution is 0.0697. The summed E-state index contributed by atoms with van der Waals surface area (Å²) < 4.78 is 40.1. The van der Waals surface area contributed by atoms with E-state index < -0.39 is 33.1 Å². The van der Waals surface area contributed by atoms with Crippen LogP contribution in [0.5, 0.6) is 0 Å². The molecule has 126 valence electrons. The van der Waals surface area contributed by atoms with Crippen molar-refractivity contribution >= 4 is 27.8 Å². The summed E-state index contributed by atoms with van der Waals surface area (Å²) in [7, 11) is -4.07. The van der Waals surface area contributed by atoms with Gasteiger partial charge in [0.1, 0.15) is 5.82 Å². The average molecular weight is 349 g/mol. The molecule has 0 saturated heterocycles. The molecule has 0 aromatic heterocycles. The number of carboxylic acid groups (broad SMARTS) is 1. The van der Waals surface area contributed by atoms with E-state index >= 15 is 0 Å². The quantitative estimate of drug-likeness (QED) is 0.865. The number of rotatable bonds is 5. The summed E-state index contributed by atoms with van der Waals surface area (Å²) in [6.45, 7) is 3.36. The van der Waals surface area contributed by atoms with Crippen molar-refractivity contribution in [3.05, 3.63) is 69.9 Å². The smallest absolute Gasteiger partial charge is 0.338 e. The highest BCUT2D eigenvalue weighted by Gasteiger charge is 2.20. The zero-order valence-corrected chi connectivity index (χ0v) is 13.9. The van der Waals surface area contributed by atoms with Crippen molar-refractivity contribution in [1.29, 1.82) is 0 Å². The molecule has 0 fully saturated rings. The van der Waals surface area contributed by atoms with E-state index in [1.54, 1.807) is 12.1 Å². The molecule has 5 nitrogen and oxygen atoms in total. The van der Waals surface area contributed by atoms with Crippen molar-refractivity contribution in [2.24, 2.45) is 0 Å². The molecule has 0 amide bonds. The van der Waals surface area contributed by atoms with Crippen LogP contribution < -0.4 is 4.72 Å². The summed E-state index contributed by atoms with van der Waals surface area (Å²) in [6, 6.07) is 9.40. The first-order valence-electron chi connectivity index (χ1n) is 6.99. The van der Waals surface area contributed by atoms with Crippen LogP contribution in [0.2, 0.25) is 0 Å². The highest BCUT2D eigenvalue weighted by Crippen LogP contribution is 2.25. The third-order valence-corrected chi connectivity index (χ3v) is 4.32. The average Bonchev–Trinajstić information content (AvgIpc) is 2.50. The van der Waals surface area contributed by atoms with E-state index in [2.05, 4.69) is 0 Å². The van der Waals surface area contributed by atoms with Gasteiger partial charge in [-0.3, -0.25) is 4.72 Å². The van der Waals surface area contributed by atoms with Gasteiger partial charge >= 0.3 is 5.97 Å². The highest BCUT2D eigenvalue weighted by atomic mass is 32.2. The third kappa shape index (κ3) is 4.20. The van der Waals surface area contributed by atoms with Crippen molar-refractivity contribution in [3.8, 4) is 0 Å². The molecule has 7 heteroatoms. The molecule has 0 unspecified atom stereocenters. The lowest BCUT2D eigenvalue weighted by Gasteiger charge is -2.11. The Morgan fingerprint density at radius 3 is 2.33 bits per heavy atom. The molecule has 0 radical (unpaired) electrons. The lowest BCUT2D eigenvalue weighted by atomic mass is 10.1. The predicted octanol–water partition coefficient (Wildman–Crippen LogP) is 3.55. The van der Waals surface area contributed by atoms with Gasteiger partial charge in [-0.05, 0) is 37.1 Å². The van der Waals surface area contributed by atoms with E-state index in [1.807, 2.05) is 23.8 Å². The normalized spacial score (nSPS) is 11.6. The molecule has 0 aliphatic heterocycles. The van der Waals surface area contributed by atoms with Crippen LogP contribution in [0.15, 0.2) is 41.8 Å². The number of carbonyl (C=O) groups is 1. The summed E-state index contributed by atoms with van der Waals surface area (Å²) in [4.78, 5) is 11.3. The maximum atomic E-state index is 13.9. The van der Waals surface area contributed by atoms with Crippen LogP contribution in [0.3, 0.4) is 0 Å². The largest absolute Gasteiger partial charge is 0.478 e. The summed E-state index contributed by atoms with van der Waals surface area (Å²) >= 11 is 0. The third-order valence-electron chi connectivity index (χ3n) is 3.34. The maximum Gasteiger partial charge on any atom is 0.338 e. The van der Waals surface area contributed by atoms with Crippen LogP contribution in [-0.2, 0) is 10.0 Å². The summed E-state index contributed by atoms with van der Waals surface area (Å²) in [5, 5.41) is 10.0. The van der Waals surface area contributed by atoms with E-state index in [0.717, 1.165) is 17.0 Å². The Labute approximate surface area is 139 Å². The van der Waals surface area contributed by atoms with Gasteiger partial charge in [-0.25, -0.2) is 17.6 Å². The van der Waals surface area contributed by atoms with Crippen LogP contribution in [0, 0.1) is 19.7 Å². The first kappa shape index (κ1) is 17.7. The zero-order valence-electron chi connectivity index (χ0n) is 13.1. The Bertz CT molecular complexity index is 903. The number of nitrogens with one attached hydrogen (secondary N) is 1. The fraction of sp³-hybridized carbons (Fsp3) is 0.118. The second-order valence-corrected chi connectivity index (χ2v) is 6.85. The first-order valence-corrected chi connectivity index (χ1v) is 8.54. The molecule has 0 aliphatic rings. The van der Waals surface area contributed by atoms with Gasteiger partial charge in [0.2, 0.25) is 0 Å². The number of aromatic carboxylic acids is 1. The minimum atomic E-state index is -4.07. The van der Waals surface area contributed by atoms with E-state index in [-0.39, 0.29) is 5.56 Å². The Kier molecular flexibility index (Phi) is 5.04. The number of hydrogen-bond acceptors (Lipinski definition) is 3. The Morgan fingerprint density at radius 2 is 1.75 bits per heavy atom. The number of carboxylic acids is 1. The fourth-order valence-electron chi connectivity index (χ4n) is 2.08. The molecule has 0 bridgehead atoms. The standard InChI is InChI=1S/C17H16FNO4S/c1-11-3-6-13(7-4-11)9-10-24(22,23)19-16-14(18)8-5-12(2)15(16)17(20)21/h3-10,19H,1-2H3,(H,20,21)/b10-9+. The van der Waals surface area contributed by atoms with Crippen LogP contribution in [-0.4, -0.2) is 19.5 Å². The number of anilines is 1. The summed E-state index contributed by atoms with van der Waals surface area (Å²) in [5.41, 5.74) is 0.942. The second-order valence-electron chi connectivity index (χ2n) is 5.28. The molecular formula is C17H16FNO4S. The monoisotopic (exact) mass is 349 g/mol. The molecule has 24 heavy (non-hydrogen) atoms. The highest BCUT2D eigenvalue weighted by molar-refractivity contribution is 7.95. The molecule has 0 spiro atoms. The number of hydrogen-bond donors (Lipinski definition) is 2. The minimum Gasteiger partial charge on any atom is -0.478 e. The molecule has 2 aromatic carbocycles. The van der Waals surface area contributed by atoms with E-state index in [0.29, 0.717) is 5.56 Å². The van der Waals surface area contributed by atoms with E-state index in [1.165, 1.54) is 19.1 Å². The van der Waals surface area contributed by atoms with Gasteiger partial charge in [0.25, 0.3) is 10.0 Å². The van der Waals surface area contributed by atoms with Gasteiger partial charge in [-0.1, -0.05) is 35.9 Å². The van der Waals surface area contributed by atoms with Gasteiger partial charge in [-0.15, -0.1) is 0 Å². The number of aryl methyl sites for hydroxylation is 2. The van der Waals surface area contributed by atoms with Crippen molar-refractivity contribution in [2.45, 2.75) is 13.8 Å². The Hall–Kier alpha value is -2.67. The predicted molar refractivity (Wildman–Crippen MR) is 90.9 cm³/mol. The van der Waals surface area contributed by atoms with Crippen molar-refractivity contribution in [1.82, 2.24) is 0 Å². The van der Waals surface area contributed by atoms with Gasteiger partial charge in [-0.2, -0.15) is 0 Å². The van der Waals surface area contributed by atoms with Crippen molar-refractivity contribution in [2.75, 3.05) is 4.72 Å². The topological polar surface area (TPSA) is 83.5 Å². The molecular weight excluding hydrogens is 333 g/mol. The first-order chi connectivity index (χ1) is 11.2. The second kappa shape index (κ2) is 6.84. The van der Waals surface area contributed by atoms with E-state index in [4.69, 9.17) is 0 Å². The number of sulfonamides is 1. The SMILES string of the molecule is Cc1ccc(/C=C/S(=O)(=O)Nc2c(F)ccc(C)c2C(=O)O)cc1. The maximum absolute atomic E-state index is 13.9. The Balaban J connectivity index is 2.34. The lowest BCUT2D eigenvalue weighted by Crippen LogP contribution is -2.15. The van der Waals surface area contributed by atoms with Crippen LogP contribution in [0.25, 0.3) is 6.08 Å². The van der Waals surface area contributed by atoms with Crippen LogP contribution in [0.1, 0.15) is 27.0 Å². The fourth-order valence-corrected chi connectivity index (χ4v) is 2.97. The molecule has 0 aliphatic carbocycles.